The highest BCUT2D eigenvalue weighted by Gasteiger charge is 2.22. The van der Waals surface area contributed by atoms with Crippen LogP contribution >= 0.6 is 0 Å². The van der Waals surface area contributed by atoms with Gasteiger partial charge >= 0.3 is 5.69 Å². The van der Waals surface area contributed by atoms with Crippen LogP contribution in [0.5, 0.6) is 0 Å². The Kier molecular flexibility index (Phi) is 2.09. The second kappa shape index (κ2) is 3.41. The minimum atomic E-state index is -0.541. The lowest BCUT2D eigenvalue weighted by Gasteiger charge is -1.96. The topological polar surface area (TPSA) is 97.8 Å². The van der Waals surface area contributed by atoms with E-state index in [9.17, 15) is 10.1 Å². The number of benzene rings is 1. The van der Waals surface area contributed by atoms with Gasteiger partial charge in [0.15, 0.2) is 0 Å². The molecule has 0 saturated heterocycles. The summed E-state index contributed by atoms with van der Waals surface area (Å²) in [7, 11) is 0. The maximum absolute atomic E-state index is 10.7. The third kappa shape index (κ3) is 1.52. The molecular formula is C9H8N4O2. The maximum atomic E-state index is 10.7. The van der Waals surface area contributed by atoms with E-state index < -0.39 is 4.92 Å². The molecule has 0 aliphatic carbocycles. The molecule has 0 aliphatic heterocycles. The van der Waals surface area contributed by atoms with E-state index in [1.807, 2.05) is 6.07 Å². The van der Waals surface area contributed by atoms with Gasteiger partial charge in [-0.1, -0.05) is 30.3 Å². The lowest BCUT2D eigenvalue weighted by Crippen LogP contribution is -1.94. The van der Waals surface area contributed by atoms with Crippen LogP contribution in [0, 0.1) is 10.1 Å². The first kappa shape index (κ1) is 9.20. The monoisotopic (exact) mass is 204 g/mol. The first-order valence-corrected chi connectivity index (χ1v) is 4.24. The van der Waals surface area contributed by atoms with Crippen LogP contribution in [0.2, 0.25) is 0 Å². The SMILES string of the molecule is Nc1n[nH]c(-c2ccccc2)c1[N+](=O)[O-]. The highest BCUT2D eigenvalue weighted by molar-refractivity contribution is 5.76. The smallest absolute Gasteiger partial charge is 0.338 e. The Morgan fingerprint density at radius 1 is 1.33 bits per heavy atom. The highest BCUT2D eigenvalue weighted by atomic mass is 16.6. The number of nitrogens with one attached hydrogen (secondary N) is 1. The van der Waals surface area contributed by atoms with Gasteiger partial charge in [0, 0.05) is 5.56 Å². The first-order valence-electron chi connectivity index (χ1n) is 4.24. The second-order valence-corrected chi connectivity index (χ2v) is 2.96. The summed E-state index contributed by atoms with van der Waals surface area (Å²) in [5, 5.41) is 16.9. The number of nitro groups is 1. The lowest BCUT2D eigenvalue weighted by molar-refractivity contribution is -0.383. The van der Waals surface area contributed by atoms with Gasteiger partial charge in [-0.2, -0.15) is 5.10 Å². The van der Waals surface area contributed by atoms with E-state index in [1.165, 1.54) is 0 Å². The van der Waals surface area contributed by atoms with Crippen molar-refractivity contribution in [3.63, 3.8) is 0 Å². The van der Waals surface area contributed by atoms with Crippen LogP contribution in [0.3, 0.4) is 0 Å². The van der Waals surface area contributed by atoms with E-state index in [2.05, 4.69) is 10.2 Å². The Bertz CT molecular complexity index is 492. The van der Waals surface area contributed by atoms with Gasteiger partial charge in [0.05, 0.1) is 4.92 Å². The van der Waals surface area contributed by atoms with Crippen molar-refractivity contribution < 1.29 is 4.92 Å². The number of nitrogen functional groups attached to an aromatic ring is 1. The van der Waals surface area contributed by atoms with Crippen molar-refractivity contribution in [3.05, 3.63) is 40.4 Å². The zero-order valence-electron chi connectivity index (χ0n) is 7.68. The molecule has 0 aliphatic rings. The van der Waals surface area contributed by atoms with Crippen LogP contribution in [0.1, 0.15) is 0 Å². The molecule has 1 aromatic heterocycles. The molecule has 2 rings (SSSR count). The maximum Gasteiger partial charge on any atom is 0.338 e. The van der Waals surface area contributed by atoms with Crippen LogP contribution < -0.4 is 5.73 Å². The van der Waals surface area contributed by atoms with E-state index in [-0.39, 0.29) is 11.5 Å². The van der Waals surface area contributed by atoms with Gasteiger partial charge in [-0.3, -0.25) is 15.2 Å². The van der Waals surface area contributed by atoms with Crippen molar-refractivity contribution in [3.8, 4) is 11.3 Å². The number of H-pyrrole nitrogens is 1. The Morgan fingerprint density at radius 3 is 2.60 bits per heavy atom. The van der Waals surface area contributed by atoms with Crippen LogP contribution in [-0.4, -0.2) is 15.1 Å². The number of aromatic nitrogens is 2. The normalized spacial score (nSPS) is 10.1. The molecule has 1 heterocycles. The molecule has 0 saturated carbocycles. The summed E-state index contributed by atoms with van der Waals surface area (Å²) in [6, 6.07) is 8.90. The average Bonchev–Trinajstić information content (AvgIpc) is 2.61. The zero-order valence-corrected chi connectivity index (χ0v) is 7.68. The largest absolute Gasteiger partial charge is 0.376 e. The molecule has 0 bridgehead atoms. The Balaban J connectivity index is 2.59. The van der Waals surface area contributed by atoms with Crippen molar-refractivity contribution in [2.45, 2.75) is 0 Å². The minimum Gasteiger partial charge on any atom is -0.376 e. The molecule has 6 nitrogen and oxygen atoms in total. The number of hydrogen-bond acceptors (Lipinski definition) is 4. The molecule has 2 aromatic rings. The minimum absolute atomic E-state index is 0.0983. The molecule has 76 valence electrons. The van der Waals surface area contributed by atoms with Gasteiger partial charge in [0.2, 0.25) is 5.82 Å². The summed E-state index contributed by atoms with van der Waals surface area (Å²) in [6.45, 7) is 0. The first-order chi connectivity index (χ1) is 7.20. The summed E-state index contributed by atoms with van der Waals surface area (Å²) >= 11 is 0. The summed E-state index contributed by atoms with van der Waals surface area (Å²) in [4.78, 5) is 10.2. The van der Waals surface area contributed by atoms with E-state index in [4.69, 9.17) is 5.73 Å². The third-order valence-corrected chi connectivity index (χ3v) is 2.01. The van der Waals surface area contributed by atoms with Gasteiger partial charge in [0.1, 0.15) is 5.69 Å². The van der Waals surface area contributed by atoms with Gasteiger partial charge in [-0.05, 0) is 0 Å². The fraction of sp³-hybridized carbons (Fsp3) is 0. The average molecular weight is 204 g/mol. The summed E-state index contributed by atoms with van der Waals surface area (Å²) in [5.41, 5.74) is 6.24. The van der Waals surface area contributed by atoms with Gasteiger partial charge in [-0.15, -0.1) is 0 Å². The number of anilines is 1. The number of aromatic amines is 1. The Hall–Kier alpha value is -2.37. The Labute approximate surface area is 84.9 Å². The molecule has 1 aromatic carbocycles. The molecule has 3 N–H and O–H groups in total. The predicted molar refractivity (Wildman–Crippen MR) is 55.1 cm³/mol. The van der Waals surface area contributed by atoms with Gasteiger partial charge in [0.25, 0.3) is 0 Å². The summed E-state index contributed by atoms with van der Waals surface area (Å²) < 4.78 is 0. The molecule has 15 heavy (non-hydrogen) atoms. The van der Waals surface area contributed by atoms with Crippen LogP contribution in [0.25, 0.3) is 11.3 Å². The highest BCUT2D eigenvalue weighted by Crippen LogP contribution is 2.31. The van der Waals surface area contributed by atoms with Crippen LogP contribution in [0.15, 0.2) is 30.3 Å². The third-order valence-electron chi connectivity index (χ3n) is 2.01. The van der Waals surface area contributed by atoms with E-state index in [1.54, 1.807) is 24.3 Å². The van der Waals surface area contributed by atoms with Crippen molar-refractivity contribution in [2.75, 3.05) is 5.73 Å². The molecule has 0 unspecified atom stereocenters. The zero-order chi connectivity index (χ0) is 10.8. The number of rotatable bonds is 2. The molecule has 0 fully saturated rings. The quantitative estimate of drug-likeness (QED) is 0.572. The molecular weight excluding hydrogens is 196 g/mol. The fourth-order valence-corrected chi connectivity index (χ4v) is 1.34. The van der Waals surface area contributed by atoms with E-state index in [0.717, 1.165) is 0 Å². The summed E-state index contributed by atoms with van der Waals surface area (Å²) in [6.07, 6.45) is 0. The van der Waals surface area contributed by atoms with Crippen LogP contribution in [0.4, 0.5) is 11.5 Å². The van der Waals surface area contributed by atoms with Gasteiger partial charge < -0.3 is 5.73 Å². The molecule has 0 radical (unpaired) electrons. The van der Waals surface area contributed by atoms with Crippen molar-refractivity contribution in [1.82, 2.24) is 10.2 Å². The standard InChI is InChI=1S/C9H8N4O2/c10-9-8(13(14)15)7(11-12-9)6-4-2-1-3-5-6/h1-5H,(H3,10,11,12). The number of hydrogen-bond donors (Lipinski definition) is 2. The van der Waals surface area contributed by atoms with Crippen molar-refractivity contribution >= 4 is 11.5 Å². The number of nitrogens with zero attached hydrogens (tertiary/aromatic N) is 2. The second-order valence-electron chi connectivity index (χ2n) is 2.96. The molecule has 0 spiro atoms. The molecule has 0 atom stereocenters. The molecule has 0 amide bonds. The van der Waals surface area contributed by atoms with Crippen molar-refractivity contribution in [2.24, 2.45) is 0 Å². The Morgan fingerprint density at radius 2 is 2.00 bits per heavy atom. The fourth-order valence-electron chi connectivity index (χ4n) is 1.34. The van der Waals surface area contributed by atoms with E-state index in [0.29, 0.717) is 11.3 Å². The van der Waals surface area contributed by atoms with Crippen molar-refractivity contribution in [1.29, 1.82) is 0 Å². The summed E-state index contributed by atoms with van der Waals surface area (Å²) in [5.74, 6) is -0.0983. The number of nitrogens with two attached hydrogens (primary N) is 1. The van der Waals surface area contributed by atoms with E-state index >= 15 is 0 Å². The predicted octanol–water partition coefficient (Wildman–Crippen LogP) is 1.57. The lowest BCUT2D eigenvalue weighted by atomic mass is 10.1. The molecule has 6 heteroatoms. The van der Waals surface area contributed by atoms with Gasteiger partial charge in [-0.25, -0.2) is 0 Å². The van der Waals surface area contributed by atoms with Crippen LogP contribution in [-0.2, 0) is 0 Å².